The van der Waals surface area contributed by atoms with Crippen molar-refractivity contribution in [2.45, 2.75) is 32.7 Å². The van der Waals surface area contributed by atoms with E-state index in [1.165, 1.54) is 0 Å². The van der Waals surface area contributed by atoms with Crippen LogP contribution in [0, 0.1) is 6.92 Å². The third kappa shape index (κ3) is 3.38. The van der Waals surface area contributed by atoms with Crippen molar-refractivity contribution in [1.82, 2.24) is 39.3 Å². The Labute approximate surface area is 128 Å². The minimum atomic E-state index is 0.812. The minimum Gasteiger partial charge on any atom is -0.337 e. The molecule has 0 spiro atoms. The fourth-order valence-electron chi connectivity index (χ4n) is 2.43. The van der Waals surface area contributed by atoms with Gasteiger partial charge in [-0.1, -0.05) is 5.21 Å². The van der Waals surface area contributed by atoms with E-state index in [0.29, 0.717) is 0 Å². The molecule has 3 aromatic rings. The molecule has 3 rings (SSSR count). The van der Waals surface area contributed by atoms with Gasteiger partial charge in [0.2, 0.25) is 0 Å². The Bertz CT molecular complexity index is 751. The van der Waals surface area contributed by atoms with Gasteiger partial charge in [-0.25, -0.2) is 9.97 Å². The average molecular weight is 300 g/mol. The Morgan fingerprint density at radius 3 is 2.59 bits per heavy atom. The van der Waals surface area contributed by atoms with Gasteiger partial charge in [0, 0.05) is 45.9 Å². The van der Waals surface area contributed by atoms with Crippen molar-refractivity contribution in [2.24, 2.45) is 14.1 Å². The molecule has 0 radical (unpaired) electrons. The van der Waals surface area contributed by atoms with Crippen molar-refractivity contribution in [2.75, 3.05) is 0 Å². The maximum Gasteiger partial charge on any atom is 0.147 e. The molecule has 8 heteroatoms. The van der Waals surface area contributed by atoms with Crippen LogP contribution < -0.4 is 0 Å². The summed E-state index contributed by atoms with van der Waals surface area (Å²) in [4.78, 5) is 8.86. The van der Waals surface area contributed by atoms with Crippen LogP contribution in [0.4, 0.5) is 0 Å². The molecule has 3 heterocycles. The zero-order valence-electron chi connectivity index (χ0n) is 13.1. The average Bonchev–Trinajstić information content (AvgIpc) is 3.16. The van der Waals surface area contributed by atoms with Crippen LogP contribution in [0.1, 0.15) is 23.0 Å². The maximum atomic E-state index is 4.45. The highest BCUT2D eigenvalue weighted by Gasteiger charge is 2.06. The second kappa shape index (κ2) is 6.08. The van der Waals surface area contributed by atoms with Crippen LogP contribution in [0.5, 0.6) is 0 Å². The van der Waals surface area contributed by atoms with E-state index in [2.05, 4.69) is 36.1 Å². The second-order valence-electron chi connectivity index (χ2n) is 5.44. The zero-order valence-corrected chi connectivity index (χ0v) is 13.1. The van der Waals surface area contributed by atoms with Crippen molar-refractivity contribution in [1.29, 1.82) is 0 Å². The van der Waals surface area contributed by atoms with Gasteiger partial charge in [0.25, 0.3) is 0 Å². The first-order valence-electron chi connectivity index (χ1n) is 7.32. The van der Waals surface area contributed by atoms with Gasteiger partial charge in [-0.2, -0.15) is 5.10 Å². The van der Waals surface area contributed by atoms with Gasteiger partial charge in [-0.05, 0) is 13.3 Å². The molecule has 0 saturated carbocycles. The van der Waals surface area contributed by atoms with Crippen LogP contribution in [0.3, 0.4) is 0 Å². The number of rotatable bonds is 6. The standard InChI is InChI=1S/C14H20N8/c1-11-16-14(21(3)18-11)5-4-12-9-22(10-15-12)7-6-13-8-20(2)19-17-13/h8-10H,4-7H2,1-3H3. The molecule has 0 aromatic carbocycles. The second-order valence-corrected chi connectivity index (χ2v) is 5.44. The number of hydrogen-bond acceptors (Lipinski definition) is 5. The lowest BCUT2D eigenvalue weighted by Crippen LogP contribution is -2.02. The van der Waals surface area contributed by atoms with Crippen LogP contribution in [0.25, 0.3) is 0 Å². The number of aryl methyl sites for hydroxylation is 7. The van der Waals surface area contributed by atoms with Crippen molar-refractivity contribution >= 4 is 0 Å². The molecule has 0 bridgehead atoms. The molecule has 0 amide bonds. The largest absolute Gasteiger partial charge is 0.337 e. The fourth-order valence-corrected chi connectivity index (χ4v) is 2.43. The summed E-state index contributed by atoms with van der Waals surface area (Å²) in [5.41, 5.74) is 2.06. The highest BCUT2D eigenvalue weighted by molar-refractivity contribution is 5.02. The van der Waals surface area contributed by atoms with Gasteiger partial charge >= 0.3 is 0 Å². The van der Waals surface area contributed by atoms with Gasteiger partial charge < -0.3 is 4.57 Å². The van der Waals surface area contributed by atoms with Gasteiger partial charge in [-0.15, -0.1) is 5.10 Å². The summed E-state index contributed by atoms with van der Waals surface area (Å²) >= 11 is 0. The molecule has 0 unspecified atom stereocenters. The summed E-state index contributed by atoms with van der Waals surface area (Å²) < 4.78 is 5.64. The normalized spacial score (nSPS) is 11.2. The summed E-state index contributed by atoms with van der Waals surface area (Å²) in [6, 6.07) is 0. The lowest BCUT2D eigenvalue weighted by Gasteiger charge is -1.99. The third-order valence-electron chi connectivity index (χ3n) is 3.53. The van der Waals surface area contributed by atoms with E-state index in [-0.39, 0.29) is 0 Å². The van der Waals surface area contributed by atoms with Crippen LogP contribution >= 0.6 is 0 Å². The minimum absolute atomic E-state index is 0.812. The maximum absolute atomic E-state index is 4.45. The summed E-state index contributed by atoms with van der Waals surface area (Å²) in [6.07, 6.45) is 8.45. The molecule has 0 atom stereocenters. The Hall–Kier alpha value is -2.51. The summed E-state index contributed by atoms with van der Waals surface area (Å²) in [5.74, 6) is 1.80. The first-order valence-corrected chi connectivity index (χ1v) is 7.32. The molecule has 3 aromatic heterocycles. The van der Waals surface area contributed by atoms with Crippen molar-refractivity contribution in [3.05, 3.63) is 41.8 Å². The smallest absolute Gasteiger partial charge is 0.147 e. The molecule has 8 nitrogen and oxygen atoms in total. The van der Waals surface area contributed by atoms with Crippen molar-refractivity contribution in [3.8, 4) is 0 Å². The predicted octanol–water partition coefficient (Wildman–Crippen LogP) is 0.476. The monoisotopic (exact) mass is 300 g/mol. The Morgan fingerprint density at radius 1 is 1.05 bits per heavy atom. The van der Waals surface area contributed by atoms with Crippen LogP contribution in [0.15, 0.2) is 18.7 Å². The number of imidazole rings is 1. The van der Waals surface area contributed by atoms with Crippen LogP contribution in [-0.4, -0.2) is 39.3 Å². The Morgan fingerprint density at radius 2 is 1.91 bits per heavy atom. The van der Waals surface area contributed by atoms with Gasteiger partial charge in [0.15, 0.2) is 0 Å². The highest BCUT2D eigenvalue weighted by atomic mass is 15.4. The molecule has 22 heavy (non-hydrogen) atoms. The van der Waals surface area contributed by atoms with Crippen molar-refractivity contribution < 1.29 is 0 Å². The van der Waals surface area contributed by atoms with E-state index in [9.17, 15) is 0 Å². The lowest BCUT2D eigenvalue weighted by atomic mass is 10.2. The Kier molecular flexibility index (Phi) is 3.99. The third-order valence-corrected chi connectivity index (χ3v) is 3.53. The molecule has 0 fully saturated rings. The summed E-state index contributed by atoms with van der Waals surface area (Å²) in [6.45, 7) is 2.76. The molecule has 0 N–H and O–H groups in total. The molecule has 116 valence electrons. The number of hydrogen-bond donors (Lipinski definition) is 0. The topological polar surface area (TPSA) is 79.2 Å². The molecule has 0 aliphatic rings. The molecule has 0 saturated heterocycles. The van der Waals surface area contributed by atoms with Crippen molar-refractivity contribution in [3.63, 3.8) is 0 Å². The highest BCUT2D eigenvalue weighted by Crippen LogP contribution is 2.05. The Balaban J connectivity index is 1.53. The van der Waals surface area contributed by atoms with E-state index >= 15 is 0 Å². The van der Waals surface area contributed by atoms with Crippen LogP contribution in [-0.2, 0) is 39.9 Å². The lowest BCUT2D eigenvalue weighted by molar-refractivity contribution is 0.676. The molecule has 0 aliphatic carbocycles. The summed E-state index contributed by atoms with van der Waals surface area (Å²) in [7, 11) is 3.80. The van der Waals surface area contributed by atoms with E-state index in [1.54, 1.807) is 4.68 Å². The van der Waals surface area contributed by atoms with Crippen LogP contribution in [0.2, 0.25) is 0 Å². The first kappa shape index (κ1) is 14.4. The SMILES string of the molecule is Cc1nc(CCc2cn(CCc3cn(C)nn3)cn2)n(C)n1. The van der Waals surface area contributed by atoms with Gasteiger partial charge in [-0.3, -0.25) is 9.36 Å². The van der Waals surface area contributed by atoms with E-state index in [1.807, 2.05) is 38.2 Å². The molecular weight excluding hydrogens is 280 g/mol. The molecular formula is C14H20N8. The number of aromatic nitrogens is 8. The molecule has 0 aliphatic heterocycles. The van der Waals surface area contributed by atoms with Gasteiger partial charge in [0.05, 0.1) is 17.7 Å². The first-order chi connectivity index (χ1) is 10.6. The van der Waals surface area contributed by atoms with Gasteiger partial charge in [0.1, 0.15) is 11.6 Å². The predicted molar refractivity (Wildman–Crippen MR) is 80.1 cm³/mol. The van der Waals surface area contributed by atoms with E-state index < -0.39 is 0 Å². The quantitative estimate of drug-likeness (QED) is 0.661. The van der Waals surface area contributed by atoms with E-state index in [4.69, 9.17) is 0 Å². The number of nitrogens with zero attached hydrogens (tertiary/aromatic N) is 8. The summed E-state index contributed by atoms with van der Waals surface area (Å²) in [5, 5.41) is 12.3. The zero-order chi connectivity index (χ0) is 15.5. The van der Waals surface area contributed by atoms with E-state index in [0.717, 1.165) is 48.8 Å². The fraction of sp³-hybridized carbons (Fsp3) is 0.500.